The number of anilines is 2. The fourth-order valence-corrected chi connectivity index (χ4v) is 3.05. The lowest BCUT2D eigenvalue weighted by atomic mass is 10.1. The van der Waals surface area contributed by atoms with Gasteiger partial charge in [-0.25, -0.2) is 0 Å². The first-order chi connectivity index (χ1) is 12.6. The van der Waals surface area contributed by atoms with Crippen LogP contribution in [0.3, 0.4) is 0 Å². The molecule has 26 heavy (non-hydrogen) atoms. The second-order valence-corrected chi connectivity index (χ2v) is 6.43. The number of pyridine rings is 1. The summed E-state index contributed by atoms with van der Waals surface area (Å²) in [4.78, 5) is 15.4. The SMILES string of the molecule is CC(C)n1cnnc1-c1cccc(Nc2cccc3[nH]ccc(=O)c23)c1. The highest BCUT2D eigenvalue weighted by atomic mass is 16.1. The third-order valence-corrected chi connectivity index (χ3v) is 4.31. The van der Waals surface area contributed by atoms with Crippen LogP contribution in [0.2, 0.25) is 0 Å². The molecule has 0 fully saturated rings. The van der Waals surface area contributed by atoms with Crippen molar-refractivity contribution in [2.24, 2.45) is 0 Å². The van der Waals surface area contributed by atoms with Gasteiger partial charge < -0.3 is 14.9 Å². The van der Waals surface area contributed by atoms with E-state index < -0.39 is 0 Å². The van der Waals surface area contributed by atoms with Crippen molar-refractivity contribution in [1.82, 2.24) is 19.7 Å². The van der Waals surface area contributed by atoms with Gasteiger partial charge in [0, 0.05) is 29.6 Å². The van der Waals surface area contributed by atoms with Gasteiger partial charge in [-0.3, -0.25) is 4.79 Å². The molecule has 0 radical (unpaired) electrons. The van der Waals surface area contributed by atoms with Crippen molar-refractivity contribution in [3.8, 4) is 11.4 Å². The molecule has 2 aromatic carbocycles. The topological polar surface area (TPSA) is 75.6 Å². The predicted octanol–water partition coefficient (Wildman–Crippen LogP) is 4.11. The second kappa shape index (κ2) is 6.48. The second-order valence-electron chi connectivity index (χ2n) is 6.43. The minimum atomic E-state index is -0.0162. The van der Waals surface area contributed by atoms with Crippen molar-refractivity contribution in [2.75, 3.05) is 5.32 Å². The summed E-state index contributed by atoms with van der Waals surface area (Å²) in [5.74, 6) is 0.819. The average Bonchev–Trinajstić information content (AvgIpc) is 3.12. The molecule has 0 atom stereocenters. The number of aromatic nitrogens is 4. The molecule has 0 aliphatic heterocycles. The molecule has 2 heterocycles. The predicted molar refractivity (Wildman–Crippen MR) is 104 cm³/mol. The fourth-order valence-electron chi connectivity index (χ4n) is 3.05. The van der Waals surface area contributed by atoms with Gasteiger partial charge in [0.1, 0.15) is 6.33 Å². The third kappa shape index (κ3) is 2.86. The minimum absolute atomic E-state index is 0.0162. The molecule has 0 aliphatic rings. The van der Waals surface area contributed by atoms with E-state index in [0.29, 0.717) is 5.39 Å². The Morgan fingerprint density at radius 3 is 2.81 bits per heavy atom. The van der Waals surface area contributed by atoms with E-state index in [1.807, 2.05) is 47.0 Å². The van der Waals surface area contributed by atoms with Gasteiger partial charge in [-0.05, 0) is 38.1 Å². The van der Waals surface area contributed by atoms with E-state index >= 15 is 0 Å². The van der Waals surface area contributed by atoms with E-state index in [2.05, 4.69) is 34.3 Å². The van der Waals surface area contributed by atoms with Crippen LogP contribution in [0.25, 0.3) is 22.3 Å². The first-order valence-corrected chi connectivity index (χ1v) is 8.51. The van der Waals surface area contributed by atoms with Crippen LogP contribution in [0.15, 0.2) is 65.8 Å². The van der Waals surface area contributed by atoms with Crippen molar-refractivity contribution in [2.45, 2.75) is 19.9 Å². The maximum Gasteiger partial charge on any atom is 0.191 e. The number of fused-ring (bicyclic) bond motifs is 1. The van der Waals surface area contributed by atoms with Gasteiger partial charge in [0.15, 0.2) is 11.3 Å². The smallest absolute Gasteiger partial charge is 0.191 e. The zero-order valence-electron chi connectivity index (χ0n) is 14.6. The summed E-state index contributed by atoms with van der Waals surface area (Å²) in [6, 6.07) is 15.5. The summed E-state index contributed by atoms with van der Waals surface area (Å²) in [6.07, 6.45) is 3.40. The highest BCUT2D eigenvalue weighted by Gasteiger charge is 2.11. The molecule has 6 heteroatoms. The van der Waals surface area contributed by atoms with Crippen LogP contribution in [0.5, 0.6) is 0 Å². The number of hydrogen-bond donors (Lipinski definition) is 2. The molecule has 2 aromatic heterocycles. The molecule has 4 aromatic rings. The molecular formula is C20H19N5O. The quantitative estimate of drug-likeness (QED) is 0.583. The Morgan fingerprint density at radius 2 is 1.96 bits per heavy atom. The fraction of sp³-hybridized carbons (Fsp3) is 0.150. The van der Waals surface area contributed by atoms with Crippen molar-refractivity contribution >= 4 is 22.3 Å². The highest BCUT2D eigenvalue weighted by Crippen LogP contribution is 2.27. The normalized spacial score (nSPS) is 11.2. The van der Waals surface area contributed by atoms with Crippen LogP contribution < -0.4 is 10.7 Å². The molecule has 0 unspecified atom stereocenters. The maximum absolute atomic E-state index is 12.3. The molecule has 2 N–H and O–H groups in total. The van der Waals surface area contributed by atoms with Gasteiger partial charge >= 0.3 is 0 Å². The molecular weight excluding hydrogens is 326 g/mol. The van der Waals surface area contributed by atoms with Gasteiger partial charge in [0.05, 0.1) is 16.6 Å². The van der Waals surface area contributed by atoms with E-state index in [4.69, 9.17) is 0 Å². The summed E-state index contributed by atoms with van der Waals surface area (Å²) in [5.41, 5.74) is 3.41. The number of rotatable bonds is 4. The van der Waals surface area contributed by atoms with Gasteiger partial charge in [-0.2, -0.15) is 0 Å². The minimum Gasteiger partial charge on any atom is -0.361 e. The molecule has 130 valence electrons. The summed E-state index contributed by atoms with van der Waals surface area (Å²) in [6.45, 7) is 4.19. The van der Waals surface area contributed by atoms with Crippen LogP contribution in [-0.4, -0.2) is 19.7 Å². The van der Waals surface area contributed by atoms with Crippen molar-refractivity contribution in [3.05, 3.63) is 71.3 Å². The maximum atomic E-state index is 12.3. The lowest BCUT2D eigenvalue weighted by molar-refractivity contribution is 0.604. The Kier molecular flexibility index (Phi) is 4.01. The largest absolute Gasteiger partial charge is 0.361 e. The molecule has 0 bridgehead atoms. The van der Waals surface area contributed by atoms with Crippen LogP contribution in [0, 0.1) is 0 Å². The van der Waals surface area contributed by atoms with E-state index in [1.54, 1.807) is 12.5 Å². The van der Waals surface area contributed by atoms with Crippen molar-refractivity contribution in [3.63, 3.8) is 0 Å². The van der Waals surface area contributed by atoms with E-state index in [0.717, 1.165) is 28.3 Å². The zero-order valence-corrected chi connectivity index (χ0v) is 14.6. The first-order valence-electron chi connectivity index (χ1n) is 8.51. The Balaban J connectivity index is 1.75. The molecule has 0 aliphatic carbocycles. The first kappa shape index (κ1) is 16.1. The standard InChI is InChI=1S/C20H19N5O/c1-13(2)25-12-22-24-20(25)14-5-3-6-15(11-14)23-17-8-4-7-16-19(17)18(26)9-10-21-16/h3-13,23H,1-2H3,(H,21,26). The zero-order chi connectivity index (χ0) is 18.1. The average molecular weight is 345 g/mol. The number of H-pyrrole nitrogens is 1. The van der Waals surface area contributed by atoms with Crippen molar-refractivity contribution in [1.29, 1.82) is 0 Å². The summed E-state index contributed by atoms with van der Waals surface area (Å²) in [5, 5.41) is 12.3. The summed E-state index contributed by atoms with van der Waals surface area (Å²) < 4.78 is 2.03. The number of hydrogen-bond acceptors (Lipinski definition) is 4. The van der Waals surface area contributed by atoms with Crippen LogP contribution >= 0.6 is 0 Å². The van der Waals surface area contributed by atoms with E-state index in [9.17, 15) is 4.79 Å². The lowest BCUT2D eigenvalue weighted by Gasteiger charge is -2.12. The molecule has 0 saturated heterocycles. The summed E-state index contributed by atoms with van der Waals surface area (Å²) in [7, 11) is 0. The third-order valence-electron chi connectivity index (χ3n) is 4.31. The monoisotopic (exact) mass is 345 g/mol. The molecule has 0 amide bonds. The summed E-state index contributed by atoms with van der Waals surface area (Å²) >= 11 is 0. The Hall–Kier alpha value is -3.41. The molecule has 4 rings (SSSR count). The Bertz CT molecular complexity index is 1120. The molecule has 0 saturated carbocycles. The van der Waals surface area contributed by atoms with Crippen LogP contribution in [0.4, 0.5) is 11.4 Å². The number of nitrogens with zero attached hydrogens (tertiary/aromatic N) is 3. The highest BCUT2D eigenvalue weighted by molar-refractivity contribution is 5.93. The Labute approximate surface area is 150 Å². The number of aromatic amines is 1. The van der Waals surface area contributed by atoms with Gasteiger partial charge in [0.2, 0.25) is 0 Å². The van der Waals surface area contributed by atoms with Gasteiger partial charge in [-0.1, -0.05) is 18.2 Å². The Morgan fingerprint density at radius 1 is 1.12 bits per heavy atom. The van der Waals surface area contributed by atoms with Crippen LogP contribution in [-0.2, 0) is 0 Å². The number of benzene rings is 2. The van der Waals surface area contributed by atoms with Crippen LogP contribution in [0.1, 0.15) is 19.9 Å². The van der Waals surface area contributed by atoms with Gasteiger partial charge in [0.25, 0.3) is 0 Å². The van der Waals surface area contributed by atoms with E-state index in [-0.39, 0.29) is 11.5 Å². The van der Waals surface area contributed by atoms with Gasteiger partial charge in [-0.15, -0.1) is 10.2 Å². The van der Waals surface area contributed by atoms with E-state index in [1.165, 1.54) is 6.07 Å². The lowest BCUT2D eigenvalue weighted by Crippen LogP contribution is -2.04. The number of nitrogens with one attached hydrogen (secondary N) is 2. The molecule has 6 nitrogen and oxygen atoms in total. The molecule has 0 spiro atoms. The van der Waals surface area contributed by atoms with Crippen molar-refractivity contribution < 1.29 is 0 Å².